The van der Waals surface area contributed by atoms with Gasteiger partial charge in [0.2, 0.25) is 0 Å². The van der Waals surface area contributed by atoms with Crippen LogP contribution in [0.5, 0.6) is 5.75 Å². The van der Waals surface area contributed by atoms with Crippen molar-refractivity contribution in [3.8, 4) is 5.75 Å². The number of hydrogen-bond acceptors (Lipinski definition) is 5. The van der Waals surface area contributed by atoms with Gasteiger partial charge in [-0.05, 0) is 30.7 Å². The molecule has 0 aliphatic heterocycles. The Morgan fingerprint density at radius 1 is 1.24 bits per heavy atom. The second-order valence-corrected chi connectivity index (χ2v) is 6.20. The molecule has 0 spiro atoms. The Bertz CT molecular complexity index is 1090. The summed E-state index contributed by atoms with van der Waals surface area (Å²) in [7, 11) is 2.93. The van der Waals surface area contributed by atoms with E-state index in [9.17, 15) is 22.8 Å². The molecule has 8 nitrogen and oxygen atoms in total. The zero-order valence-electron chi connectivity index (χ0n) is 15.7. The molecule has 0 saturated carbocycles. The Morgan fingerprint density at radius 2 is 1.93 bits per heavy atom. The molecule has 3 aromatic rings. The van der Waals surface area contributed by atoms with Crippen LogP contribution in [-0.4, -0.2) is 38.8 Å². The van der Waals surface area contributed by atoms with E-state index in [0.29, 0.717) is 29.9 Å². The second kappa shape index (κ2) is 7.94. The number of nitrogens with zero attached hydrogens (tertiary/aromatic N) is 4. The van der Waals surface area contributed by atoms with Crippen molar-refractivity contribution in [3.05, 3.63) is 52.3 Å². The number of benzene rings is 1. The third kappa shape index (κ3) is 4.23. The molecule has 0 bridgehead atoms. The number of ether oxygens (including phenoxy) is 1. The Morgan fingerprint density at radius 3 is 2.55 bits per heavy atom. The predicted octanol–water partition coefficient (Wildman–Crippen LogP) is 2.35. The highest BCUT2D eigenvalue weighted by Gasteiger charge is 2.30. The largest absolute Gasteiger partial charge is 0.494 e. The van der Waals surface area contributed by atoms with Gasteiger partial charge in [-0.15, -0.1) is 0 Å². The summed E-state index contributed by atoms with van der Waals surface area (Å²) in [6.45, 7) is 0.240. The molecule has 2 heterocycles. The van der Waals surface area contributed by atoms with Crippen LogP contribution in [0.15, 0.2) is 35.3 Å². The highest BCUT2D eigenvalue weighted by Crippen LogP contribution is 2.30. The first-order valence-electron chi connectivity index (χ1n) is 8.68. The van der Waals surface area contributed by atoms with Gasteiger partial charge in [0.1, 0.15) is 17.1 Å². The van der Waals surface area contributed by atoms with Crippen LogP contribution in [0.2, 0.25) is 0 Å². The molecule has 0 fully saturated rings. The number of carbonyl (C=O) groups excluding carboxylic acids is 1. The summed E-state index contributed by atoms with van der Waals surface area (Å²) in [4.78, 5) is 32.7. The van der Waals surface area contributed by atoms with E-state index in [2.05, 4.69) is 15.3 Å². The Labute approximate surface area is 162 Å². The van der Waals surface area contributed by atoms with Crippen molar-refractivity contribution in [2.45, 2.75) is 19.0 Å². The molecule has 0 aliphatic rings. The SMILES string of the molecule is CNC(=O)n1c(=O)n(C)c2cnc(CCCOc3ccc(C(F)(F)F)cc3)nc21. The number of fused-ring (bicyclic) bond motifs is 1. The van der Waals surface area contributed by atoms with Crippen LogP contribution in [-0.2, 0) is 19.6 Å². The van der Waals surface area contributed by atoms with Crippen LogP contribution in [0.25, 0.3) is 11.2 Å². The summed E-state index contributed by atoms with van der Waals surface area (Å²) < 4.78 is 45.3. The Hall–Kier alpha value is -3.37. The van der Waals surface area contributed by atoms with Crippen LogP contribution in [0.3, 0.4) is 0 Å². The zero-order valence-corrected chi connectivity index (χ0v) is 15.7. The third-order valence-corrected chi connectivity index (χ3v) is 4.26. The first kappa shape index (κ1) is 20.4. The summed E-state index contributed by atoms with van der Waals surface area (Å²) in [5.74, 6) is 0.739. The average Bonchev–Trinajstić information content (AvgIpc) is 2.94. The fourth-order valence-electron chi connectivity index (χ4n) is 2.72. The first-order chi connectivity index (χ1) is 13.7. The second-order valence-electron chi connectivity index (χ2n) is 6.20. The van der Waals surface area contributed by atoms with E-state index in [4.69, 9.17) is 4.74 Å². The highest BCUT2D eigenvalue weighted by atomic mass is 19.4. The number of aromatic nitrogens is 4. The lowest BCUT2D eigenvalue weighted by atomic mass is 10.2. The van der Waals surface area contributed by atoms with Crippen LogP contribution in [0.1, 0.15) is 17.8 Å². The lowest BCUT2D eigenvalue weighted by Crippen LogP contribution is -2.34. The number of halogens is 3. The van der Waals surface area contributed by atoms with Gasteiger partial charge in [0.15, 0.2) is 5.65 Å². The molecule has 1 aromatic carbocycles. The molecule has 0 radical (unpaired) electrons. The Kier molecular flexibility index (Phi) is 5.57. The van der Waals surface area contributed by atoms with Gasteiger partial charge in [-0.3, -0.25) is 4.57 Å². The minimum atomic E-state index is -4.39. The third-order valence-electron chi connectivity index (χ3n) is 4.26. The van der Waals surface area contributed by atoms with Gasteiger partial charge in [-0.1, -0.05) is 0 Å². The first-order valence-corrected chi connectivity index (χ1v) is 8.68. The fraction of sp³-hybridized carbons (Fsp3) is 0.333. The summed E-state index contributed by atoms with van der Waals surface area (Å²) in [5, 5.41) is 2.39. The van der Waals surface area contributed by atoms with Crippen molar-refractivity contribution in [1.82, 2.24) is 24.4 Å². The molecule has 29 heavy (non-hydrogen) atoms. The quantitative estimate of drug-likeness (QED) is 0.654. The number of nitrogens with one attached hydrogen (secondary N) is 1. The van der Waals surface area contributed by atoms with Crippen LogP contribution < -0.4 is 15.7 Å². The van der Waals surface area contributed by atoms with Gasteiger partial charge in [-0.25, -0.2) is 19.6 Å². The number of amides is 1. The molecule has 2 aromatic heterocycles. The van der Waals surface area contributed by atoms with Crippen molar-refractivity contribution < 1.29 is 22.7 Å². The lowest BCUT2D eigenvalue weighted by molar-refractivity contribution is -0.137. The summed E-state index contributed by atoms with van der Waals surface area (Å²) >= 11 is 0. The van der Waals surface area contributed by atoms with Crippen LogP contribution in [0, 0.1) is 0 Å². The molecule has 11 heteroatoms. The van der Waals surface area contributed by atoms with Gasteiger partial charge < -0.3 is 10.1 Å². The summed E-state index contributed by atoms with van der Waals surface area (Å²) in [5.41, 5.74) is -0.651. The fourth-order valence-corrected chi connectivity index (χ4v) is 2.72. The summed E-state index contributed by atoms with van der Waals surface area (Å²) in [6.07, 6.45) is -2.03. The van der Waals surface area contributed by atoms with Crippen molar-refractivity contribution in [1.29, 1.82) is 0 Å². The maximum Gasteiger partial charge on any atom is 0.416 e. The van der Waals surface area contributed by atoms with Crippen molar-refractivity contribution in [2.75, 3.05) is 13.7 Å². The van der Waals surface area contributed by atoms with Crippen molar-refractivity contribution >= 4 is 17.2 Å². The van der Waals surface area contributed by atoms with Crippen LogP contribution >= 0.6 is 0 Å². The molecule has 154 valence electrons. The zero-order chi connectivity index (χ0) is 21.2. The molecule has 1 amide bonds. The molecular formula is C18H18F3N5O3. The number of alkyl halides is 3. The van der Waals surface area contributed by atoms with E-state index in [1.807, 2.05) is 0 Å². The predicted molar refractivity (Wildman–Crippen MR) is 97.9 cm³/mol. The topological polar surface area (TPSA) is 91.0 Å². The maximum absolute atomic E-state index is 12.5. The lowest BCUT2D eigenvalue weighted by Gasteiger charge is -2.09. The smallest absolute Gasteiger partial charge is 0.416 e. The minimum Gasteiger partial charge on any atom is -0.494 e. The number of aryl methyl sites for hydroxylation is 2. The van der Waals surface area contributed by atoms with Crippen molar-refractivity contribution in [3.63, 3.8) is 0 Å². The van der Waals surface area contributed by atoms with Gasteiger partial charge in [0.25, 0.3) is 0 Å². The van der Waals surface area contributed by atoms with Crippen molar-refractivity contribution in [2.24, 2.45) is 7.05 Å². The van der Waals surface area contributed by atoms with E-state index in [1.54, 1.807) is 0 Å². The monoisotopic (exact) mass is 409 g/mol. The highest BCUT2D eigenvalue weighted by molar-refractivity contribution is 5.86. The van der Waals surface area contributed by atoms with E-state index in [-0.39, 0.29) is 12.3 Å². The molecule has 0 unspecified atom stereocenters. The molecule has 0 saturated heterocycles. The molecule has 0 atom stereocenters. The van der Waals surface area contributed by atoms with Crippen LogP contribution in [0.4, 0.5) is 18.0 Å². The summed E-state index contributed by atoms with van der Waals surface area (Å²) in [6, 6.07) is 3.84. The number of imidazole rings is 1. The van der Waals surface area contributed by atoms with Gasteiger partial charge in [0.05, 0.1) is 18.4 Å². The standard InChI is InChI=1S/C18H18F3N5O3/c1-22-16(27)26-15-13(25(2)17(26)28)10-23-14(24-15)4-3-9-29-12-7-5-11(6-8-12)18(19,20)21/h5-8,10H,3-4,9H2,1-2H3,(H,22,27). The van der Waals surface area contributed by atoms with E-state index >= 15 is 0 Å². The van der Waals surface area contributed by atoms with E-state index in [0.717, 1.165) is 16.7 Å². The number of carbonyl (C=O) groups is 1. The molecular weight excluding hydrogens is 391 g/mol. The van der Waals surface area contributed by atoms with Gasteiger partial charge in [0, 0.05) is 20.5 Å². The Balaban J connectivity index is 1.65. The molecule has 1 N–H and O–H groups in total. The molecule has 0 aliphatic carbocycles. The maximum atomic E-state index is 12.5. The van der Waals surface area contributed by atoms with E-state index in [1.165, 1.54) is 37.0 Å². The number of hydrogen-bond donors (Lipinski definition) is 1. The van der Waals surface area contributed by atoms with Gasteiger partial charge >= 0.3 is 17.9 Å². The average molecular weight is 409 g/mol. The normalized spacial score (nSPS) is 11.6. The minimum absolute atomic E-state index is 0.200. The number of rotatable bonds is 5. The van der Waals surface area contributed by atoms with E-state index < -0.39 is 23.5 Å². The molecule has 3 rings (SSSR count). The van der Waals surface area contributed by atoms with Gasteiger partial charge in [-0.2, -0.15) is 17.7 Å².